The summed E-state index contributed by atoms with van der Waals surface area (Å²) in [5, 5.41) is 0. The molecule has 2 saturated carbocycles. The monoisotopic (exact) mass is 1040 g/mol. The van der Waals surface area contributed by atoms with Gasteiger partial charge in [0.15, 0.2) is 0 Å². The maximum absolute atomic E-state index is 8.03. The fourth-order valence-corrected chi connectivity index (χ4v) is 56.4. The van der Waals surface area contributed by atoms with Crippen LogP contribution in [0.25, 0.3) is 34.4 Å². The van der Waals surface area contributed by atoms with Gasteiger partial charge in [0.1, 0.15) is 0 Å². The Hall–Kier alpha value is -0.497. The van der Waals surface area contributed by atoms with E-state index in [0.29, 0.717) is 10.8 Å². The average Bonchev–Trinajstić information content (AvgIpc) is 4.06. The zero-order chi connectivity index (χ0) is 41.4. The fourth-order valence-electron chi connectivity index (χ4n) is 11.9. The van der Waals surface area contributed by atoms with Crippen LogP contribution in [0, 0.1) is 10.8 Å². The molecule has 4 aliphatic rings. The van der Waals surface area contributed by atoms with E-state index in [0.717, 1.165) is 33.2 Å². The van der Waals surface area contributed by atoms with Crippen molar-refractivity contribution >= 4 is 55.7 Å². The average molecular weight is 1040 g/mol. The van der Waals surface area contributed by atoms with Gasteiger partial charge in [0.05, 0.1) is 0 Å². The molecule has 0 aliphatic heterocycles. The number of halogens is 4. The molecule has 8 rings (SSSR count). The third-order valence-electron chi connectivity index (χ3n) is 15.5. The second-order valence-corrected chi connectivity index (χ2v) is 56.5. The van der Waals surface area contributed by atoms with E-state index in [1.54, 1.807) is 0 Å². The van der Waals surface area contributed by atoms with E-state index in [2.05, 4.69) is 125 Å². The van der Waals surface area contributed by atoms with Gasteiger partial charge in [-0.1, -0.05) is 0 Å². The van der Waals surface area contributed by atoms with Crippen molar-refractivity contribution in [2.24, 2.45) is 10.8 Å². The molecular weight excluding hydrogens is 977 g/mol. The minimum atomic E-state index is -3.82. The molecule has 4 aromatic carbocycles. The summed E-state index contributed by atoms with van der Waals surface area (Å²) < 4.78 is 2.38. The van der Waals surface area contributed by atoms with Crippen LogP contribution in [0.15, 0.2) is 96.1 Å². The van der Waals surface area contributed by atoms with E-state index in [9.17, 15) is 0 Å². The summed E-state index contributed by atoms with van der Waals surface area (Å²) >= 11 is -7.64. The van der Waals surface area contributed by atoms with Gasteiger partial charge in [0.25, 0.3) is 0 Å². The van der Waals surface area contributed by atoms with Crippen molar-refractivity contribution in [1.82, 2.24) is 0 Å². The Morgan fingerprint density at radius 3 is 1.24 bits per heavy atom. The second kappa shape index (κ2) is 18.9. The molecule has 0 aromatic heterocycles. The number of allylic oxidation sites excluding steroid dienone is 2. The summed E-state index contributed by atoms with van der Waals surface area (Å²) in [6.07, 6.45) is 22.5. The summed E-state index contributed by atoms with van der Waals surface area (Å²) in [4.78, 5) is 0. The van der Waals surface area contributed by atoms with Gasteiger partial charge in [0, 0.05) is 0 Å². The van der Waals surface area contributed by atoms with Gasteiger partial charge >= 0.3 is 386 Å². The summed E-state index contributed by atoms with van der Waals surface area (Å²) in [5.41, 5.74) is 17.2. The van der Waals surface area contributed by atoms with Crippen LogP contribution in [0.1, 0.15) is 145 Å². The molecule has 2 fully saturated rings. The van der Waals surface area contributed by atoms with Crippen LogP contribution >= 0.6 is 34.1 Å². The molecule has 0 saturated heterocycles. The molecule has 2 atom stereocenters. The Balaban J connectivity index is 1.09. The summed E-state index contributed by atoms with van der Waals surface area (Å²) in [7, 11) is 31.4. The standard InChI is InChI=1S/2C25H29.C2H6Si.4ClH.2Zr/c2*1-3-19-10-12-21(13-11-19)23-9-7-8-22-16-20(17-24(22)23)18-25(4-2)14-5-6-15-25;1-3-2;;;;;;/h2*7-13,16-17H,3-6,14-15,18H2,1-2H3;1-3H2;4*1H;;/q;;;;;;;2*+2/p-4. The van der Waals surface area contributed by atoms with Crippen molar-refractivity contribution in [1.29, 1.82) is 0 Å². The quantitative estimate of drug-likeness (QED) is 0.0981. The molecule has 4 aromatic rings. The molecular formula is C52H64Cl4SiZr2. The van der Waals surface area contributed by atoms with Crippen LogP contribution in [0.4, 0.5) is 0 Å². The summed E-state index contributed by atoms with van der Waals surface area (Å²) in [6, 6.07) is 32.2. The van der Waals surface area contributed by atoms with Gasteiger partial charge in [-0.15, -0.1) is 0 Å². The van der Waals surface area contributed by atoms with E-state index < -0.39 is 45.3 Å². The van der Waals surface area contributed by atoms with Crippen molar-refractivity contribution < 1.29 is 35.8 Å². The topological polar surface area (TPSA) is 0 Å². The Kier molecular flexibility index (Phi) is 14.5. The number of aryl methyl sites for hydroxylation is 2. The third kappa shape index (κ3) is 9.37. The van der Waals surface area contributed by atoms with Crippen molar-refractivity contribution in [2.75, 3.05) is 0 Å². The molecule has 7 heteroatoms. The zero-order valence-corrected chi connectivity index (χ0v) is 45.3. The number of rotatable bonds is 16. The van der Waals surface area contributed by atoms with Gasteiger partial charge in [-0.25, -0.2) is 0 Å². The second-order valence-electron chi connectivity index (χ2n) is 18.9. The molecule has 0 amide bonds. The Morgan fingerprint density at radius 1 is 0.525 bits per heavy atom. The van der Waals surface area contributed by atoms with Gasteiger partial charge < -0.3 is 0 Å². The van der Waals surface area contributed by atoms with Crippen LogP contribution in [0.3, 0.4) is 0 Å². The molecule has 2 unspecified atom stereocenters. The molecule has 0 spiro atoms. The summed E-state index contributed by atoms with van der Waals surface area (Å²) in [6.45, 7) is 9.27. The maximum atomic E-state index is 8.03. The fraction of sp³-hybridized carbons (Fsp3) is 0.462. The van der Waals surface area contributed by atoms with Crippen LogP contribution < -0.4 is 0 Å². The molecule has 59 heavy (non-hydrogen) atoms. The van der Waals surface area contributed by atoms with E-state index in [1.165, 1.54) is 131 Å². The molecule has 0 radical (unpaired) electrons. The molecule has 4 aliphatic carbocycles. The molecule has 0 N–H and O–H groups in total. The van der Waals surface area contributed by atoms with Crippen LogP contribution in [-0.4, -0.2) is 9.52 Å². The van der Waals surface area contributed by atoms with E-state index >= 15 is 0 Å². The van der Waals surface area contributed by atoms with E-state index in [1.807, 2.05) is 0 Å². The first-order chi connectivity index (χ1) is 28.4. The first-order valence-corrected chi connectivity index (χ1v) is 44.0. The molecule has 312 valence electrons. The SMILES string of the molecule is CCc1ccc(-c2cccc3c2C=C(CC2(CC)CCCC2)[CH]3[Zr]([Cl])([Cl])[CH2][SiH2][CH2][Zr]([Cl])([Cl])[CH]2C(CC3(CC)CCCC3)=Cc3c(-c4ccc(CC)cc4)cccc32)cc1. The molecule has 0 heterocycles. The van der Waals surface area contributed by atoms with E-state index in [4.69, 9.17) is 34.1 Å². The van der Waals surface area contributed by atoms with Crippen molar-refractivity contribution in [3.8, 4) is 22.3 Å². The molecule has 0 bridgehead atoms. The third-order valence-corrected chi connectivity index (χ3v) is 58.7. The zero-order valence-electron chi connectivity index (χ0n) is 35.9. The van der Waals surface area contributed by atoms with Gasteiger partial charge in [-0.2, -0.15) is 0 Å². The van der Waals surface area contributed by atoms with Crippen LogP contribution in [0.2, 0.25) is 7.50 Å². The van der Waals surface area contributed by atoms with Crippen molar-refractivity contribution in [3.05, 3.63) is 129 Å². The minimum absolute atomic E-state index is 0.181. The number of benzene rings is 4. The van der Waals surface area contributed by atoms with Gasteiger partial charge in [-0.05, 0) is 0 Å². The van der Waals surface area contributed by atoms with Gasteiger partial charge in [-0.3, -0.25) is 0 Å². The number of fused-ring (bicyclic) bond motifs is 2. The van der Waals surface area contributed by atoms with Crippen LogP contribution in [0.5, 0.6) is 0 Å². The van der Waals surface area contributed by atoms with Crippen LogP contribution in [-0.2, 0) is 48.6 Å². The predicted octanol–water partition coefficient (Wildman–Crippen LogP) is 17.3. The van der Waals surface area contributed by atoms with E-state index in [-0.39, 0.29) is 7.25 Å². The normalized spacial score (nSPS) is 20.9. The Labute approximate surface area is 382 Å². The number of hydrogen-bond acceptors (Lipinski definition) is 0. The van der Waals surface area contributed by atoms with Gasteiger partial charge in [0.2, 0.25) is 0 Å². The molecule has 0 nitrogen and oxygen atoms in total. The predicted molar refractivity (Wildman–Crippen MR) is 257 cm³/mol. The number of hydrogen-bond donors (Lipinski definition) is 0. The first kappa shape index (κ1) is 45.1. The summed E-state index contributed by atoms with van der Waals surface area (Å²) in [5.74, 6) is 0. The van der Waals surface area contributed by atoms with Crippen molar-refractivity contribution in [2.45, 2.75) is 132 Å². The Morgan fingerprint density at radius 2 is 0.898 bits per heavy atom. The van der Waals surface area contributed by atoms with Crippen molar-refractivity contribution in [3.63, 3.8) is 0 Å². The Bertz CT molecular complexity index is 2020. The first-order valence-electron chi connectivity index (χ1n) is 23.1.